The number of aliphatic hydroxyl groups is 1. The maximum Gasteiger partial charge on any atom is 0.336 e. The fourth-order valence-corrected chi connectivity index (χ4v) is 5.76. The van der Waals surface area contributed by atoms with Crippen LogP contribution < -0.4 is 0 Å². The van der Waals surface area contributed by atoms with Gasteiger partial charge in [-0.2, -0.15) is 0 Å². The number of fused-ring (bicyclic) bond motifs is 2. The zero-order chi connectivity index (χ0) is 33.0. The molecule has 6 rings (SSSR count). The van der Waals surface area contributed by atoms with Gasteiger partial charge in [0.15, 0.2) is 0 Å². The molecule has 8 heteroatoms. The summed E-state index contributed by atoms with van der Waals surface area (Å²) in [5, 5.41) is 18.0. The highest BCUT2D eigenvalue weighted by Gasteiger charge is 2.18. The first kappa shape index (κ1) is 32.6. The van der Waals surface area contributed by atoms with Crippen molar-refractivity contribution in [1.82, 2.24) is 19.1 Å². The lowest BCUT2D eigenvalue weighted by Gasteiger charge is -2.21. The number of hydrogen-bond donors (Lipinski definition) is 2. The van der Waals surface area contributed by atoms with E-state index in [1.54, 1.807) is 12.1 Å². The number of likely N-dealkylation sites (N-methyl/N-ethyl adjacent to an activating group) is 1. The number of aromatic carboxylic acids is 1. The third kappa shape index (κ3) is 7.03. The minimum absolute atomic E-state index is 0.281. The highest BCUT2D eigenvalue weighted by molar-refractivity contribution is 5.96. The fraction of sp³-hybridized carbons (Fsp3) is 0.289. The number of aliphatic hydroxyl groups excluding tert-OH is 1. The summed E-state index contributed by atoms with van der Waals surface area (Å²) in [5.74, 6) is 1.08. The van der Waals surface area contributed by atoms with Gasteiger partial charge in [0.1, 0.15) is 18.2 Å². The standard InChI is InChI=1S/C33H30N4O2.C5H14NO/c1-4-9-30-35-31-21(2)18-24(32-34-27-12-7-8-13-28(27)36(32)3)19-29(31)37(30)20-22-14-16-23(17-15-22)25-10-5-6-11-26(25)33(38)39;1-6(2,3)4-5-7/h5-8,10-19H,4,9,20H2,1-3H3,(H,38,39);7H,4-5H2,1-3H3/q;+1. The molecule has 0 saturated heterocycles. The summed E-state index contributed by atoms with van der Waals surface area (Å²) in [6.45, 7) is 6.09. The van der Waals surface area contributed by atoms with E-state index in [4.69, 9.17) is 15.1 Å². The number of hydrogen-bond acceptors (Lipinski definition) is 4. The van der Waals surface area contributed by atoms with Crippen molar-refractivity contribution in [2.45, 2.75) is 33.2 Å². The molecule has 0 saturated carbocycles. The summed E-state index contributed by atoms with van der Waals surface area (Å²) >= 11 is 0. The fourth-order valence-electron chi connectivity index (χ4n) is 5.76. The minimum Gasteiger partial charge on any atom is -0.478 e. The number of carboxylic acid groups (broad SMARTS) is 1. The normalized spacial score (nSPS) is 11.5. The number of quaternary nitrogens is 1. The molecule has 0 aliphatic heterocycles. The van der Waals surface area contributed by atoms with E-state index < -0.39 is 5.97 Å². The molecule has 0 bridgehead atoms. The first-order valence-electron chi connectivity index (χ1n) is 15.7. The highest BCUT2D eigenvalue weighted by Crippen LogP contribution is 2.31. The maximum absolute atomic E-state index is 11.7. The second-order valence-electron chi connectivity index (χ2n) is 12.8. The van der Waals surface area contributed by atoms with Gasteiger partial charge in [-0.1, -0.05) is 61.5 Å². The first-order valence-corrected chi connectivity index (χ1v) is 15.7. The predicted octanol–water partition coefficient (Wildman–Crippen LogP) is 6.95. The lowest BCUT2D eigenvalue weighted by atomic mass is 9.98. The average Bonchev–Trinajstić information content (AvgIpc) is 3.55. The Morgan fingerprint density at radius 1 is 0.870 bits per heavy atom. The number of nitrogens with zero attached hydrogens (tertiary/aromatic N) is 5. The van der Waals surface area contributed by atoms with Gasteiger partial charge in [0.05, 0.1) is 55.4 Å². The van der Waals surface area contributed by atoms with Crippen LogP contribution >= 0.6 is 0 Å². The van der Waals surface area contributed by atoms with Crippen LogP contribution in [-0.4, -0.2) is 74.1 Å². The number of carbonyl (C=O) groups is 1. The van der Waals surface area contributed by atoms with Crippen molar-refractivity contribution in [3.05, 3.63) is 107 Å². The lowest BCUT2D eigenvalue weighted by molar-refractivity contribution is -0.870. The number of imidazole rings is 2. The van der Waals surface area contributed by atoms with E-state index in [1.807, 2.05) is 42.5 Å². The summed E-state index contributed by atoms with van der Waals surface area (Å²) in [4.78, 5) is 21.7. The number of benzene rings is 4. The lowest BCUT2D eigenvalue weighted by Crippen LogP contribution is -2.36. The molecule has 2 N–H and O–H groups in total. The van der Waals surface area contributed by atoms with Crippen LogP contribution in [0.3, 0.4) is 0 Å². The van der Waals surface area contributed by atoms with E-state index >= 15 is 0 Å². The summed E-state index contributed by atoms with van der Waals surface area (Å²) in [6, 6.07) is 27.9. The summed E-state index contributed by atoms with van der Waals surface area (Å²) in [7, 11) is 8.22. The third-order valence-electron chi connectivity index (χ3n) is 8.18. The molecule has 0 aliphatic rings. The number of rotatable bonds is 9. The molecule has 8 nitrogen and oxygen atoms in total. The van der Waals surface area contributed by atoms with Crippen molar-refractivity contribution in [2.75, 3.05) is 34.3 Å². The van der Waals surface area contributed by atoms with Gasteiger partial charge in [0, 0.05) is 25.6 Å². The van der Waals surface area contributed by atoms with Gasteiger partial charge in [0.2, 0.25) is 0 Å². The maximum atomic E-state index is 11.7. The second-order valence-corrected chi connectivity index (χ2v) is 12.8. The molecule has 0 aliphatic carbocycles. The van der Waals surface area contributed by atoms with Crippen LogP contribution in [0, 0.1) is 6.92 Å². The minimum atomic E-state index is -0.921. The van der Waals surface area contributed by atoms with Gasteiger partial charge in [-0.15, -0.1) is 0 Å². The highest BCUT2D eigenvalue weighted by atomic mass is 16.4. The van der Waals surface area contributed by atoms with E-state index in [-0.39, 0.29) is 6.61 Å². The van der Waals surface area contributed by atoms with Crippen molar-refractivity contribution in [1.29, 1.82) is 0 Å². The number of carboxylic acids is 1. The molecule has 0 atom stereocenters. The molecule has 2 aromatic heterocycles. The van der Waals surface area contributed by atoms with Gasteiger partial charge >= 0.3 is 5.97 Å². The number of aryl methyl sites for hydroxylation is 3. The zero-order valence-corrected chi connectivity index (χ0v) is 27.7. The first-order chi connectivity index (χ1) is 22.0. The van der Waals surface area contributed by atoms with Gasteiger partial charge in [-0.05, 0) is 65.9 Å². The van der Waals surface area contributed by atoms with Crippen molar-refractivity contribution in [3.8, 4) is 22.5 Å². The Hall–Kier alpha value is -4.79. The van der Waals surface area contributed by atoms with Crippen LogP contribution in [0.25, 0.3) is 44.6 Å². The Labute approximate surface area is 270 Å². The smallest absolute Gasteiger partial charge is 0.336 e. The summed E-state index contributed by atoms with van der Waals surface area (Å²) in [6.07, 6.45) is 1.89. The molecular weight excluding hydrogens is 574 g/mol. The van der Waals surface area contributed by atoms with Crippen LogP contribution in [0.1, 0.15) is 40.7 Å². The Balaban J connectivity index is 0.000000537. The third-order valence-corrected chi connectivity index (χ3v) is 8.18. The van der Waals surface area contributed by atoms with Crippen molar-refractivity contribution in [2.24, 2.45) is 7.05 Å². The average molecular weight is 619 g/mol. The predicted molar refractivity (Wildman–Crippen MR) is 186 cm³/mol. The Bertz CT molecular complexity index is 1980. The molecule has 6 aromatic rings. The quantitative estimate of drug-likeness (QED) is 0.171. The molecule has 0 fully saturated rings. The van der Waals surface area contributed by atoms with Crippen LogP contribution in [0.2, 0.25) is 0 Å². The largest absolute Gasteiger partial charge is 0.478 e. The van der Waals surface area contributed by atoms with E-state index in [2.05, 4.69) is 81.5 Å². The molecule has 0 radical (unpaired) electrons. The SMILES string of the molecule is CCCc1nc2c(C)cc(-c3nc4ccccc4n3C)cc2n1Cc1ccc(-c2ccccc2C(=O)O)cc1.C[N+](C)(C)CCO. The molecular formula is C38H44N5O3+. The van der Waals surface area contributed by atoms with Crippen molar-refractivity contribution >= 4 is 28.0 Å². The Morgan fingerprint density at radius 2 is 1.57 bits per heavy atom. The molecule has 0 amide bonds. The molecule has 0 spiro atoms. The topological polar surface area (TPSA) is 93.2 Å². The van der Waals surface area contributed by atoms with Crippen molar-refractivity contribution < 1.29 is 19.5 Å². The van der Waals surface area contributed by atoms with Gasteiger partial charge in [0.25, 0.3) is 0 Å². The molecule has 4 aromatic carbocycles. The molecule has 238 valence electrons. The Kier molecular flexibility index (Phi) is 9.70. The van der Waals surface area contributed by atoms with E-state index in [0.717, 1.165) is 85.4 Å². The number of para-hydroxylation sites is 2. The van der Waals surface area contributed by atoms with Crippen LogP contribution in [0.4, 0.5) is 0 Å². The summed E-state index contributed by atoms with van der Waals surface area (Å²) < 4.78 is 5.31. The second kappa shape index (κ2) is 13.7. The molecule has 0 unspecified atom stereocenters. The van der Waals surface area contributed by atoms with Gasteiger partial charge in [-0.25, -0.2) is 14.8 Å². The van der Waals surface area contributed by atoms with Gasteiger partial charge in [-0.3, -0.25) is 0 Å². The van der Waals surface area contributed by atoms with Gasteiger partial charge < -0.3 is 23.8 Å². The Morgan fingerprint density at radius 3 is 2.20 bits per heavy atom. The van der Waals surface area contributed by atoms with Crippen LogP contribution in [0.5, 0.6) is 0 Å². The van der Waals surface area contributed by atoms with Crippen molar-refractivity contribution in [3.63, 3.8) is 0 Å². The molecule has 2 heterocycles. The van der Waals surface area contributed by atoms with E-state index in [0.29, 0.717) is 12.1 Å². The number of aromatic nitrogens is 4. The molecule has 46 heavy (non-hydrogen) atoms. The van der Waals surface area contributed by atoms with E-state index in [9.17, 15) is 9.90 Å². The zero-order valence-electron chi connectivity index (χ0n) is 27.7. The monoisotopic (exact) mass is 618 g/mol. The van der Waals surface area contributed by atoms with Crippen LogP contribution in [0.15, 0.2) is 84.9 Å². The van der Waals surface area contributed by atoms with E-state index in [1.165, 1.54) is 0 Å². The summed E-state index contributed by atoms with van der Waals surface area (Å²) in [5.41, 5.74) is 9.46. The van der Waals surface area contributed by atoms with Crippen LogP contribution in [-0.2, 0) is 20.0 Å².